The summed E-state index contributed by atoms with van der Waals surface area (Å²) in [5, 5.41) is 3.78. The van der Waals surface area contributed by atoms with Crippen LogP contribution < -0.4 is 5.32 Å². The Morgan fingerprint density at radius 2 is 1.71 bits per heavy atom. The van der Waals surface area contributed by atoms with Crippen molar-refractivity contribution in [2.24, 2.45) is 22.2 Å². The molecule has 3 aliphatic rings. The van der Waals surface area contributed by atoms with Gasteiger partial charge in [0, 0.05) is 12.1 Å². The molecule has 0 aromatic heterocycles. The van der Waals surface area contributed by atoms with E-state index < -0.39 is 0 Å². The van der Waals surface area contributed by atoms with Crippen LogP contribution in [0.1, 0.15) is 94.9 Å². The predicted molar refractivity (Wildman–Crippen MR) is 133 cm³/mol. The lowest BCUT2D eigenvalue weighted by atomic mass is 9.55. The summed E-state index contributed by atoms with van der Waals surface area (Å²) in [7, 11) is 0. The molecule has 1 heterocycles. The molecule has 0 bridgehead atoms. The predicted octanol–water partition coefficient (Wildman–Crippen LogP) is 8.21. The Labute approximate surface area is 191 Å². The van der Waals surface area contributed by atoms with Gasteiger partial charge in [0.15, 0.2) is 0 Å². The fourth-order valence-electron chi connectivity index (χ4n) is 5.06. The number of ether oxygens (including phenoxy) is 1. The molecular formula is C29H45NO. The highest BCUT2D eigenvalue weighted by Gasteiger charge is 2.45. The zero-order chi connectivity index (χ0) is 23.2. The van der Waals surface area contributed by atoms with Gasteiger partial charge < -0.3 is 10.1 Å². The van der Waals surface area contributed by atoms with E-state index in [2.05, 4.69) is 98.9 Å². The first-order valence-corrected chi connectivity index (χ1v) is 12.1. The lowest BCUT2D eigenvalue weighted by Crippen LogP contribution is -2.40. The fraction of sp³-hybridized carbons (Fsp3) is 0.655. The first-order chi connectivity index (χ1) is 14.1. The summed E-state index contributed by atoms with van der Waals surface area (Å²) in [5.74, 6) is 0.642. The summed E-state index contributed by atoms with van der Waals surface area (Å²) in [5.41, 5.74) is 7.22. The number of nitrogens with one attached hydrogen (secondary N) is 1. The standard InChI is InChI=1S/C29H45NO/c1-20-17-23-24(28(7,8)16-15-27(23,5)6)18-25(20)30-22-12-11-21(26(2,3)4)13-14-29(9,10)31-19-22/h11,13-14,18-19,23,30H,12,15-17H2,1-10H3/b14-13-,21-11+,22-19+. The lowest BCUT2D eigenvalue weighted by molar-refractivity contribution is 0.102. The second kappa shape index (κ2) is 8.01. The monoisotopic (exact) mass is 423 g/mol. The molecule has 0 amide bonds. The molecule has 172 valence electrons. The molecule has 0 aromatic carbocycles. The molecule has 1 saturated carbocycles. The third-order valence-electron chi connectivity index (χ3n) is 7.64. The quantitative estimate of drug-likeness (QED) is 0.483. The molecule has 0 aromatic rings. The van der Waals surface area contributed by atoms with E-state index in [0.717, 1.165) is 18.5 Å². The van der Waals surface area contributed by atoms with Crippen molar-refractivity contribution in [2.75, 3.05) is 0 Å². The summed E-state index contributed by atoms with van der Waals surface area (Å²) >= 11 is 0. The molecule has 1 unspecified atom stereocenters. The van der Waals surface area contributed by atoms with Gasteiger partial charge in [0.05, 0.1) is 5.70 Å². The zero-order valence-corrected chi connectivity index (χ0v) is 21.7. The third kappa shape index (κ3) is 5.38. The lowest BCUT2D eigenvalue weighted by Gasteiger charge is -2.50. The van der Waals surface area contributed by atoms with Gasteiger partial charge in [0.1, 0.15) is 11.9 Å². The van der Waals surface area contributed by atoms with E-state index in [1.807, 2.05) is 6.26 Å². The third-order valence-corrected chi connectivity index (χ3v) is 7.64. The fourth-order valence-corrected chi connectivity index (χ4v) is 5.06. The number of rotatable bonds is 2. The Bertz CT molecular complexity index is 865. The zero-order valence-electron chi connectivity index (χ0n) is 21.7. The van der Waals surface area contributed by atoms with Gasteiger partial charge in [-0.25, -0.2) is 0 Å². The van der Waals surface area contributed by atoms with E-state index >= 15 is 0 Å². The van der Waals surface area contributed by atoms with Gasteiger partial charge in [-0.05, 0) is 85.5 Å². The van der Waals surface area contributed by atoms with Gasteiger partial charge in [-0.3, -0.25) is 0 Å². The molecule has 0 saturated heterocycles. The van der Waals surface area contributed by atoms with E-state index in [9.17, 15) is 0 Å². The molecule has 0 spiro atoms. The Kier molecular flexibility index (Phi) is 6.19. The van der Waals surface area contributed by atoms with Crippen molar-refractivity contribution < 1.29 is 4.74 Å². The normalized spacial score (nSPS) is 31.9. The molecule has 31 heavy (non-hydrogen) atoms. The van der Waals surface area contributed by atoms with E-state index in [4.69, 9.17) is 4.74 Å². The van der Waals surface area contributed by atoms with Crippen LogP contribution in [0.4, 0.5) is 0 Å². The highest BCUT2D eigenvalue weighted by Crippen LogP contribution is 2.56. The van der Waals surface area contributed by atoms with Gasteiger partial charge in [-0.15, -0.1) is 0 Å². The van der Waals surface area contributed by atoms with Gasteiger partial charge in [0.2, 0.25) is 0 Å². The molecule has 1 N–H and O–H groups in total. The van der Waals surface area contributed by atoms with Crippen LogP contribution in [-0.4, -0.2) is 5.60 Å². The second-order valence-electron chi connectivity index (χ2n) is 12.9. The first kappa shape index (κ1) is 24.0. The molecule has 1 atom stereocenters. The SMILES string of the molecule is CC1=C(N/C2=C/OC(C)(C)/C=C\C(C(C)(C)C)=C/C2)C=C2C(C1)C(C)(C)CCC2(C)C. The highest BCUT2D eigenvalue weighted by molar-refractivity contribution is 5.40. The van der Waals surface area contributed by atoms with Crippen molar-refractivity contribution in [2.45, 2.75) is 101 Å². The minimum Gasteiger partial charge on any atom is -0.490 e. The van der Waals surface area contributed by atoms with E-state index in [1.165, 1.54) is 29.7 Å². The number of hydrogen-bond donors (Lipinski definition) is 1. The maximum absolute atomic E-state index is 6.19. The summed E-state index contributed by atoms with van der Waals surface area (Å²) < 4.78 is 6.19. The van der Waals surface area contributed by atoms with Crippen LogP contribution in [0.3, 0.4) is 0 Å². The van der Waals surface area contributed by atoms with Gasteiger partial charge in [0.25, 0.3) is 0 Å². The number of allylic oxidation sites excluding steroid dienone is 6. The van der Waals surface area contributed by atoms with Crippen molar-refractivity contribution in [1.29, 1.82) is 0 Å². The van der Waals surface area contributed by atoms with E-state index in [0.29, 0.717) is 11.3 Å². The average molecular weight is 424 g/mol. The summed E-state index contributed by atoms with van der Waals surface area (Å²) in [6, 6.07) is 0. The van der Waals surface area contributed by atoms with Crippen LogP contribution in [0.2, 0.25) is 0 Å². The molecule has 2 aliphatic carbocycles. The Morgan fingerprint density at radius 3 is 2.35 bits per heavy atom. The van der Waals surface area contributed by atoms with Crippen molar-refractivity contribution >= 4 is 0 Å². The van der Waals surface area contributed by atoms with Gasteiger partial charge in [-0.2, -0.15) is 0 Å². The number of fused-ring (bicyclic) bond motifs is 1. The Balaban J connectivity index is 1.93. The maximum atomic E-state index is 6.19. The summed E-state index contributed by atoms with van der Waals surface area (Å²) in [4.78, 5) is 0. The summed E-state index contributed by atoms with van der Waals surface area (Å²) in [6.45, 7) is 23.1. The molecule has 1 aliphatic heterocycles. The molecule has 3 rings (SSSR count). The van der Waals surface area contributed by atoms with Gasteiger partial charge in [-0.1, -0.05) is 66.2 Å². The van der Waals surface area contributed by atoms with E-state index in [-0.39, 0.29) is 16.4 Å². The van der Waals surface area contributed by atoms with Crippen molar-refractivity contribution in [3.8, 4) is 0 Å². The molecule has 0 radical (unpaired) electrons. The van der Waals surface area contributed by atoms with Crippen molar-refractivity contribution in [3.05, 3.63) is 58.7 Å². The molecule has 1 fully saturated rings. The Hall–Kier alpha value is -1.70. The minimum atomic E-state index is -0.337. The largest absolute Gasteiger partial charge is 0.490 e. The van der Waals surface area contributed by atoms with Crippen LogP contribution in [0.15, 0.2) is 58.7 Å². The highest BCUT2D eigenvalue weighted by atomic mass is 16.5. The van der Waals surface area contributed by atoms with Crippen LogP contribution >= 0.6 is 0 Å². The van der Waals surface area contributed by atoms with Crippen molar-refractivity contribution in [1.82, 2.24) is 5.32 Å². The average Bonchev–Trinajstić information content (AvgIpc) is 2.70. The van der Waals surface area contributed by atoms with Gasteiger partial charge >= 0.3 is 0 Å². The number of hydrogen-bond acceptors (Lipinski definition) is 2. The van der Waals surface area contributed by atoms with Crippen molar-refractivity contribution in [3.63, 3.8) is 0 Å². The molecular weight excluding hydrogens is 378 g/mol. The van der Waals surface area contributed by atoms with E-state index in [1.54, 1.807) is 5.57 Å². The topological polar surface area (TPSA) is 21.3 Å². The maximum Gasteiger partial charge on any atom is 0.121 e. The Morgan fingerprint density at radius 1 is 1.03 bits per heavy atom. The van der Waals surface area contributed by atoms with Crippen LogP contribution in [0.5, 0.6) is 0 Å². The van der Waals surface area contributed by atoms with Crippen LogP contribution in [0.25, 0.3) is 0 Å². The second-order valence-corrected chi connectivity index (χ2v) is 12.9. The smallest absolute Gasteiger partial charge is 0.121 e. The van der Waals surface area contributed by atoms with Crippen LogP contribution in [0, 0.1) is 22.2 Å². The minimum absolute atomic E-state index is 0.106. The summed E-state index contributed by atoms with van der Waals surface area (Å²) in [6.07, 6.45) is 15.7. The molecule has 2 nitrogen and oxygen atoms in total. The first-order valence-electron chi connectivity index (χ1n) is 12.1. The molecule has 2 heteroatoms. The van der Waals surface area contributed by atoms with Crippen LogP contribution in [-0.2, 0) is 4.74 Å².